The molecule has 3 heteroatoms. The van der Waals surface area contributed by atoms with Crippen LogP contribution in [0.5, 0.6) is 0 Å². The summed E-state index contributed by atoms with van der Waals surface area (Å²) >= 11 is 0. The highest BCUT2D eigenvalue weighted by Gasteiger charge is 2.38. The van der Waals surface area contributed by atoms with Gasteiger partial charge in [0.15, 0.2) is 5.78 Å². The van der Waals surface area contributed by atoms with Gasteiger partial charge in [0.25, 0.3) is 0 Å². The summed E-state index contributed by atoms with van der Waals surface area (Å²) in [6.45, 7) is 27.2. The fourth-order valence-corrected chi connectivity index (χ4v) is 5.46. The molecule has 0 saturated carbocycles. The smallest absolute Gasteiger partial charge is 0.152 e. The van der Waals surface area contributed by atoms with E-state index < -0.39 is 0 Å². The fourth-order valence-electron chi connectivity index (χ4n) is 5.46. The summed E-state index contributed by atoms with van der Waals surface area (Å²) in [5.74, 6) is 2.02. The third kappa shape index (κ3) is 14.3. The first kappa shape index (κ1) is 35.9. The molecule has 0 bridgehead atoms. The van der Waals surface area contributed by atoms with Gasteiger partial charge in [-0.15, -0.1) is 0 Å². The van der Waals surface area contributed by atoms with E-state index in [1.807, 2.05) is 32.9 Å². The van der Waals surface area contributed by atoms with Crippen LogP contribution < -0.4 is 0 Å². The Morgan fingerprint density at radius 1 is 0.778 bits per heavy atom. The van der Waals surface area contributed by atoms with Gasteiger partial charge < -0.3 is 0 Å². The number of hydrogen-bond acceptors (Lipinski definition) is 3. The summed E-state index contributed by atoms with van der Waals surface area (Å²) < 4.78 is 0. The lowest BCUT2D eigenvalue weighted by Gasteiger charge is -2.38. The van der Waals surface area contributed by atoms with E-state index in [4.69, 9.17) is 0 Å². The zero-order valence-corrected chi connectivity index (χ0v) is 25.3. The van der Waals surface area contributed by atoms with E-state index in [1.165, 1.54) is 0 Å². The summed E-state index contributed by atoms with van der Waals surface area (Å²) in [6, 6.07) is 0. The summed E-state index contributed by atoms with van der Waals surface area (Å²) in [6.07, 6.45) is 18.0. The monoisotopic (exact) mass is 498 g/mol. The highest BCUT2D eigenvalue weighted by Crippen LogP contribution is 2.41. The summed E-state index contributed by atoms with van der Waals surface area (Å²) in [5.41, 5.74) is 1.37. The van der Waals surface area contributed by atoms with Crippen molar-refractivity contribution in [2.45, 2.75) is 95.9 Å². The first-order valence-corrected chi connectivity index (χ1v) is 13.2. The normalized spacial score (nSPS) is 25.0. The predicted molar refractivity (Wildman–Crippen MR) is 157 cm³/mol. The maximum Gasteiger partial charge on any atom is 0.152 e. The predicted octanol–water partition coefficient (Wildman–Crippen LogP) is 8.92. The number of carbonyl (C=O) groups excluding carboxylic acids is 3. The number of allylic oxidation sites excluding steroid dienone is 9. The molecule has 0 aliphatic heterocycles. The maximum absolute atomic E-state index is 11.4. The highest BCUT2D eigenvalue weighted by molar-refractivity contribution is 5.87. The minimum absolute atomic E-state index is 0.125. The Bertz CT molecular complexity index is 781. The summed E-state index contributed by atoms with van der Waals surface area (Å²) in [5, 5.41) is 0. The van der Waals surface area contributed by atoms with E-state index in [-0.39, 0.29) is 28.4 Å². The first-order valence-electron chi connectivity index (χ1n) is 13.2. The average Bonchev–Trinajstić information content (AvgIpc) is 2.66. The van der Waals surface area contributed by atoms with Gasteiger partial charge in [-0.2, -0.15) is 0 Å². The molecule has 0 amide bonds. The van der Waals surface area contributed by atoms with Crippen LogP contribution in [0.4, 0.5) is 0 Å². The van der Waals surface area contributed by atoms with Crippen molar-refractivity contribution in [2.75, 3.05) is 0 Å². The Morgan fingerprint density at radius 2 is 1.14 bits per heavy atom. The molecule has 0 saturated heterocycles. The van der Waals surface area contributed by atoms with Gasteiger partial charge in [0.1, 0.15) is 11.6 Å². The van der Waals surface area contributed by atoms with Gasteiger partial charge in [-0.1, -0.05) is 96.2 Å². The van der Waals surface area contributed by atoms with Crippen LogP contribution >= 0.6 is 0 Å². The van der Waals surface area contributed by atoms with Crippen molar-refractivity contribution < 1.29 is 14.4 Å². The number of Topliss-reactive ketones (excluding diaryl/α,β-unsaturated/α-hetero) is 2. The number of ketones is 3. The van der Waals surface area contributed by atoms with E-state index >= 15 is 0 Å². The summed E-state index contributed by atoms with van der Waals surface area (Å²) in [4.78, 5) is 33.0. The second kappa shape index (κ2) is 17.2. The fraction of sp³-hybridized carbons (Fsp3) is 0.606. The maximum atomic E-state index is 11.4. The van der Waals surface area contributed by atoms with Gasteiger partial charge in [0.05, 0.1) is 0 Å². The molecule has 4 atom stereocenters. The van der Waals surface area contributed by atoms with Gasteiger partial charge in [-0.25, -0.2) is 0 Å². The van der Waals surface area contributed by atoms with E-state index in [9.17, 15) is 14.4 Å². The summed E-state index contributed by atoms with van der Waals surface area (Å²) in [7, 11) is 0. The van der Waals surface area contributed by atoms with E-state index in [0.717, 1.165) is 18.4 Å². The third-order valence-corrected chi connectivity index (χ3v) is 6.60. The molecular formula is C33H54O3. The molecule has 0 aromatic heterocycles. The highest BCUT2D eigenvalue weighted by atomic mass is 16.1. The van der Waals surface area contributed by atoms with Crippen LogP contribution in [0.25, 0.3) is 0 Å². The zero-order chi connectivity index (χ0) is 28.7. The second-order valence-electron chi connectivity index (χ2n) is 11.7. The quantitative estimate of drug-likeness (QED) is 0.221. The zero-order valence-electron chi connectivity index (χ0n) is 25.3. The Labute approximate surface area is 222 Å². The Hall–Kier alpha value is -2.29. The lowest BCUT2D eigenvalue weighted by molar-refractivity contribution is -0.126. The van der Waals surface area contributed by atoms with Crippen LogP contribution in [0.2, 0.25) is 0 Å². The molecule has 0 fully saturated rings. The van der Waals surface area contributed by atoms with Crippen LogP contribution in [-0.2, 0) is 14.4 Å². The molecule has 0 unspecified atom stereocenters. The number of carbonyl (C=O) groups is 3. The minimum Gasteiger partial charge on any atom is -0.300 e. The molecule has 0 aromatic carbocycles. The molecule has 0 N–H and O–H groups in total. The Morgan fingerprint density at radius 3 is 1.25 bits per heavy atom. The first-order chi connectivity index (χ1) is 16.4. The lowest BCUT2D eigenvalue weighted by Crippen LogP contribution is -2.35. The topological polar surface area (TPSA) is 51.2 Å². The van der Waals surface area contributed by atoms with Gasteiger partial charge >= 0.3 is 0 Å². The van der Waals surface area contributed by atoms with Crippen molar-refractivity contribution in [3.63, 3.8) is 0 Å². The average molecular weight is 499 g/mol. The van der Waals surface area contributed by atoms with Crippen molar-refractivity contribution in [3.8, 4) is 0 Å². The lowest BCUT2D eigenvalue weighted by atomic mass is 9.66. The van der Waals surface area contributed by atoms with Gasteiger partial charge in [-0.05, 0) is 83.1 Å². The van der Waals surface area contributed by atoms with Gasteiger partial charge in [0, 0.05) is 11.8 Å². The van der Waals surface area contributed by atoms with Gasteiger partial charge in [-0.3, -0.25) is 14.4 Å². The molecular weight excluding hydrogens is 444 g/mol. The van der Waals surface area contributed by atoms with Crippen molar-refractivity contribution in [3.05, 3.63) is 60.8 Å². The molecule has 2 aliphatic rings. The molecule has 0 heterocycles. The van der Waals surface area contributed by atoms with Crippen LogP contribution in [0.3, 0.4) is 0 Å². The Balaban J connectivity index is 0. The third-order valence-electron chi connectivity index (χ3n) is 6.60. The molecule has 2 aliphatic carbocycles. The largest absolute Gasteiger partial charge is 0.300 e. The molecule has 0 radical (unpaired) electrons. The van der Waals surface area contributed by atoms with E-state index in [1.54, 1.807) is 32.9 Å². The number of hydrogen-bond donors (Lipinski definition) is 0. The molecule has 36 heavy (non-hydrogen) atoms. The Kier molecular flexibility index (Phi) is 17.2. The van der Waals surface area contributed by atoms with Crippen molar-refractivity contribution in [2.24, 2.45) is 34.5 Å². The molecule has 3 nitrogen and oxygen atoms in total. The molecule has 2 rings (SSSR count). The van der Waals surface area contributed by atoms with Crippen molar-refractivity contribution >= 4 is 17.3 Å². The van der Waals surface area contributed by atoms with Crippen LogP contribution in [0.15, 0.2) is 60.8 Å². The number of rotatable bonds is 4. The minimum atomic E-state index is 0.125. The second-order valence-corrected chi connectivity index (χ2v) is 11.7. The molecule has 0 spiro atoms. The standard InChI is InChI=1S/2C11H18O.C6H10O.C5H8/c2*1-8-6-5-7-11(3,4)10(8)9(2)12;1-5(2)4-6(3)7;1-3-5-4-2/h2*5-6,8,10H,7H2,1-4H3;4H,1-3H3;3-5H,1H2,2H3/b;;;5-4+/t8-,10+;8-,10-;;/m11../s1. The van der Waals surface area contributed by atoms with Crippen molar-refractivity contribution in [1.29, 1.82) is 0 Å². The van der Waals surface area contributed by atoms with E-state index in [2.05, 4.69) is 72.4 Å². The molecule has 0 aromatic rings. The van der Waals surface area contributed by atoms with Crippen LogP contribution in [-0.4, -0.2) is 17.3 Å². The van der Waals surface area contributed by atoms with Crippen molar-refractivity contribution in [1.82, 2.24) is 0 Å². The molecule has 204 valence electrons. The SMILES string of the molecule is C=C/C=C/C.CC(=O)C=C(C)C.CC(=O)[C@@H]1[C@H](C)C=CCC1(C)C.CC(=O)[C@H]1[C@H](C)C=CCC1(C)C. The van der Waals surface area contributed by atoms with Crippen LogP contribution in [0, 0.1) is 34.5 Å². The van der Waals surface area contributed by atoms with Crippen LogP contribution in [0.1, 0.15) is 95.9 Å². The van der Waals surface area contributed by atoms with E-state index in [0.29, 0.717) is 23.4 Å². The van der Waals surface area contributed by atoms with Gasteiger partial charge in [0.2, 0.25) is 0 Å².